The van der Waals surface area contributed by atoms with Crippen LogP contribution in [0.5, 0.6) is 0 Å². The number of thiazole rings is 1. The lowest BCUT2D eigenvalue weighted by atomic mass is 10.1. The summed E-state index contributed by atoms with van der Waals surface area (Å²) in [6.07, 6.45) is 1.05. The van der Waals surface area contributed by atoms with Crippen LogP contribution in [0, 0.1) is 0 Å². The van der Waals surface area contributed by atoms with Crippen molar-refractivity contribution >= 4 is 11.3 Å². The van der Waals surface area contributed by atoms with Gasteiger partial charge in [0.1, 0.15) is 0 Å². The number of aromatic nitrogens is 1. The van der Waals surface area contributed by atoms with Crippen LogP contribution in [0.15, 0.2) is 5.38 Å². The Morgan fingerprint density at radius 3 is 2.85 bits per heavy atom. The first-order valence-corrected chi connectivity index (χ1v) is 5.80. The molecule has 1 N–H and O–H groups in total. The minimum absolute atomic E-state index is 0.538. The van der Waals surface area contributed by atoms with Crippen molar-refractivity contribution in [1.29, 1.82) is 0 Å². The average molecular weight is 198 g/mol. The van der Waals surface area contributed by atoms with E-state index in [2.05, 4.69) is 36.5 Å². The van der Waals surface area contributed by atoms with Crippen molar-refractivity contribution in [3.63, 3.8) is 0 Å². The molecule has 0 bridgehead atoms. The van der Waals surface area contributed by atoms with Crippen LogP contribution in [-0.2, 0) is 6.42 Å². The highest BCUT2D eigenvalue weighted by Gasteiger charge is 2.08. The number of likely N-dealkylation sites (N-methyl/N-ethyl adjacent to an activating group) is 1. The number of hydrogen-bond acceptors (Lipinski definition) is 3. The third-order valence-electron chi connectivity index (χ3n) is 2.08. The van der Waals surface area contributed by atoms with Crippen LogP contribution in [0.3, 0.4) is 0 Å². The summed E-state index contributed by atoms with van der Waals surface area (Å²) in [5.74, 6) is 0.538. The van der Waals surface area contributed by atoms with Gasteiger partial charge >= 0.3 is 0 Å². The first kappa shape index (κ1) is 10.7. The molecule has 0 amide bonds. The van der Waals surface area contributed by atoms with Gasteiger partial charge in [-0.25, -0.2) is 4.98 Å². The van der Waals surface area contributed by atoms with Crippen molar-refractivity contribution in [3.05, 3.63) is 16.1 Å². The highest BCUT2D eigenvalue weighted by Crippen LogP contribution is 2.17. The molecule has 0 aliphatic carbocycles. The maximum Gasteiger partial charge on any atom is 0.0925 e. The monoisotopic (exact) mass is 198 g/mol. The highest BCUT2D eigenvalue weighted by molar-refractivity contribution is 7.09. The minimum Gasteiger partial charge on any atom is -0.316 e. The normalized spacial score (nSPS) is 13.2. The Balaban J connectivity index is 2.50. The van der Waals surface area contributed by atoms with Crippen molar-refractivity contribution < 1.29 is 0 Å². The number of aryl methyl sites for hydroxylation is 1. The molecule has 0 saturated heterocycles. The smallest absolute Gasteiger partial charge is 0.0925 e. The molecule has 1 rings (SSSR count). The van der Waals surface area contributed by atoms with Gasteiger partial charge in [-0.05, 0) is 13.0 Å². The molecular weight excluding hydrogens is 180 g/mol. The summed E-state index contributed by atoms with van der Waals surface area (Å²) in [5.41, 5.74) is 1.24. The van der Waals surface area contributed by atoms with Crippen LogP contribution in [0.25, 0.3) is 0 Å². The van der Waals surface area contributed by atoms with Crippen LogP contribution in [-0.4, -0.2) is 18.1 Å². The van der Waals surface area contributed by atoms with Gasteiger partial charge in [0, 0.05) is 17.8 Å². The molecule has 1 aromatic heterocycles. The molecule has 1 heterocycles. The summed E-state index contributed by atoms with van der Waals surface area (Å²) in [4.78, 5) is 4.56. The van der Waals surface area contributed by atoms with Gasteiger partial charge in [0.05, 0.1) is 10.7 Å². The lowest BCUT2D eigenvalue weighted by Gasteiger charge is -2.07. The minimum atomic E-state index is 0.538. The summed E-state index contributed by atoms with van der Waals surface area (Å²) in [6.45, 7) is 8.57. The molecule has 0 spiro atoms. The summed E-state index contributed by atoms with van der Waals surface area (Å²) < 4.78 is 0. The predicted molar refractivity (Wildman–Crippen MR) is 58.5 cm³/mol. The largest absolute Gasteiger partial charge is 0.316 e. The first-order chi connectivity index (χ1) is 6.27. The van der Waals surface area contributed by atoms with Crippen LogP contribution < -0.4 is 5.32 Å². The molecule has 0 aliphatic rings. The van der Waals surface area contributed by atoms with Crippen LogP contribution in [0.2, 0.25) is 0 Å². The Morgan fingerprint density at radius 2 is 2.31 bits per heavy atom. The maximum absolute atomic E-state index is 4.56. The summed E-state index contributed by atoms with van der Waals surface area (Å²) in [5, 5.41) is 6.77. The SMILES string of the molecule is CCNCC(C)c1csc(CC)n1. The first-order valence-electron chi connectivity index (χ1n) is 4.92. The molecule has 0 aromatic carbocycles. The van der Waals surface area contributed by atoms with Gasteiger partial charge in [-0.15, -0.1) is 11.3 Å². The molecule has 2 nitrogen and oxygen atoms in total. The fourth-order valence-electron chi connectivity index (χ4n) is 1.18. The molecule has 1 atom stereocenters. The standard InChI is InChI=1S/C10H18N2S/c1-4-10-12-9(7-13-10)8(3)6-11-5-2/h7-8,11H,4-6H2,1-3H3. The van der Waals surface area contributed by atoms with Crippen LogP contribution in [0.4, 0.5) is 0 Å². The molecular formula is C10H18N2S. The van der Waals surface area contributed by atoms with E-state index in [-0.39, 0.29) is 0 Å². The summed E-state index contributed by atoms with van der Waals surface area (Å²) in [7, 11) is 0. The van der Waals surface area contributed by atoms with E-state index >= 15 is 0 Å². The Kier molecular flexibility index (Phi) is 4.39. The number of rotatable bonds is 5. The van der Waals surface area contributed by atoms with E-state index in [0.717, 1.165) is 19.5 Å². The lowest BCUT2D eigenvalue weighted by Crippen LogP contribution is -2.19. The zero-order valence-corrected chi connectivity index (χ0v) is 9.45. The number of hydrogen-bond donors (Lipinski definition) is 1. The van der Waals surface area contributed by atoms with E-state index in [0.29, 0.717) is 5.92 Å². The summed E-state index contributed by atoms with van der Waals surface area (Å²) in [6, 6.07) is 0. The van der Waals surface area contributed by atoms with Gasteiger partial charge in [0.25, 0.3) is 0 Å². The van der Waals surface area contributed by atoms with Gasteiger partial charge in [0.2, 0.25) is 0 Å². The quantitative estimate of drug-likeness (QED) is 0.786. The second kappa shape index (κ2) is 5.35. The molecule has 0 fully saturated rings. The number of nitrogens with zero attached hydrogens (tertiary/aromatic N) is 1. The molecule has 74 valence electrons. The average Bonchev–Trinajstić information content (AvgIpc) is 2.62. The fraction of sp³-hybridized carbons (Fsp3) is 0.700. The molecule has 1 aromatic rings. The van der Waals surface area contributed by atoms with Gasteiger partial charge in [-0.2, -0.15) is 0 Å². The van der Waals surface area contributed by atoms with E-state index in [4.69, 9.17) is 0 Å². The van der Waals surface area contributed by atoms with Gasteiger partial charge in [-0.3, -0.25) is 0 Å². The van der Waals surface area contributed by atoms with E-state index in [1.54, 1.807) is 11.3 Å². The van der Waals surface area contributed by atoms with Crippen molar-refractivity contribution in [2.24, 2.45) is 0 Å². The summed E-state index contributed by atoms with van der Waals surface area (Å²) >= 11 is 1.77. The molecule has 0 aliphatic heterocycles. The molecule has 3 heteroatoms. The van der Waals surface area contributed by atoms with E-state index in [1.165, 1.54) is 10.7 Å². The van der Waals surface area contributed by atoms with E-state index in [1.807, 2.05) is 0 Å². The van der Waals surface area contributed by atoms with Crippen molar-refractivity contribution in [2.45, 2.75) is 33.1 Å². The lowest BCUT2D eigenvalue weighted by molar-refractivity contribution is 0.624. The second-order valence-corrected chi connectivity index (χ2v) is 4.17. The zero-order valence-electron chi connectivity index (χ0n) is 8.63. The molecule has 1 unspecified atom stereocenters. The third-order valence-corrected chi connectivity index (χ3v) is 3.09. The van der Waals surface area contributed by atoms with Gasteiger partial charge in [0.15, 0.2) is 0 Å². The van der Waals surface area contributed by atoms with Gasteiger partial charge in [-0.1, -0.05) is 20.8 Å². The van der Waals surface area contributed by atoms with E-state index in [9.17, 15) is 0 Å². The van der Waals surface area contributed by atoms with Crippen molar-refractivity contribution in [1.82, 2.24) is 10.3 Å². The molecule has 0 saturated carbocycles. The van der Waals surface area contributed by atoms with Crippen molar-refractivity contribution in [2.75, 3.05) is 13.1 Å². The second-order valence-electron chi connectivity index (χ2n) is 3.23. The van der Waals surface area contributed by atoms with Gasteiger partial charge < -0.3 is 5.32 Å². The topological polar surface area (TPSA) is 24.9 Å². The zero-order chi connectivity index (χ0) is 9.68. The molecule has 0 radical (unpaired) electrons. The number of nitrogens with one attached hydrogen (secondary N) is 1. The Labute approximate surface area is 84.4 Å². The van der Waals surface area contributed by atoms with Crippen LogP contribution >= 0.6 is 11.3 Å². The maximum atomic E-state index is 4.56. The third kappa shape index (κ3) is 3.08. The Bertz CT molecular complexity index is 245. The highest BCUT2D eigenvalue weighted by atomic mass is 32.1. The van der Waals surface area contributed by atoms with E-state index < -0.39 is 0 Å². The van der Waals surface area contributed by atoms with Crippen molar-refractivity contribution in [3.8, 4) is 0 Å². The van der Waals surface area contributed by atoms with Crippen LogP contribution in [0.1, 0.15) is 37.4 Å². The fourth-order valence-corrected chi connectivity index (χ4v) is 2.05. The predicted octanol–water partition coefficient (Wildman–Crippen LogP) is 2.42. The Morgan fingerprint density at radius 1 is 1.54 bits per heavy atom. The Hall–Kier alpha value is -0.410. The molecule has 13 heavy (non-hydrogen) atoms.